The van der Waals surface area contributed by atoms with Gasteiger partial charge in [-0.15, -0.1) is 0 Å². The van der Waals surface area contributed by atoms with Gasteiger partial charge in [-0.3, -0.25) is 4.79 Å². The van der Waals surface area contributed by atoms with Crippen LogP contribution >= 0.6 is 0 Å². The van der Waals surface area contributed by atoms with Crippen LogP contribution in [0.25, 0.3) is 0 Å². The highest BCUT2D eigenvalue weighted by molar-refractivity contribution is 5.93. The Morgan fingerprint density at radius 2 is 1.71 bits per heavy atom. The molecule has 118 valence electrons. The lowest BCUT2D eigenvalue weighted by Crippen LogP contribution is -2.41. The maximum absolute atomic E-state index is 11.2. The van der Waals surface area contributed by atoms with Crippen molar-refractivity contribution in [2.24, 2.45) is 5.73 Å². The Morgan fingerprint density at radius 3 is 2.19 bits per heavy atom. The van der Waals surface area contributed by atoms with Gasteiger partial charge in [0.25, 0.3) is 0 Å². The third-order valence-corrected chi connectivity index (χ3v) is 3.44. The molecule has 0 saturated heterocycles. The molecule has 0 spiro atoms. The molecule has 3 nitrogen and oxygen atoms in total. The van der Waals surface area contributed by atoms with Crippen molar-refractivity contribution in [3.8, 4) is 0 Å². The Labute approximate surface area is 128 Å². The first-order valence-corrected chi connectivity index (χ1v) is 7.62. The quantitative estimate of drug-likeness (QED) is 0.742. The predicted molar refractivity (Wildman–Crippen MR) is 87.7 cm³/mol. The molecule has 0 amide bonds. The van der Waals surface area contributed by atoms with Gasteiger partial charge < -0.3 is 10.5 Å². The highest BCUT2D eigenvalue weighted by Crippen LogP contribution is 2.20. The molecule has 0 saturated carbocycles. The van der Waals surface area contributed by atoms with E-state index in [4.69, 9.17) is 10.5 Å². The number of ether oxygens (including phenoxy) is 1. The van der Waals surface area contributed by atoms with Crippen molar-refractivity contribution in [2.45, 2.75) is 65.0 Å². The van der Waals surface area contributed by atoms with E-state index in [0.717, 1.165) is 24.8 Å². The highest BCUT2D eigenvalue weighted by Gasteiger charge is 2.21. The fourth-order valence-electron chi connectivity index (χ4n) is 2.08. The topological polar surface area (TPSA) is 52.3 Å². The van der Waals surface area contributed by atoms with Gasteiger partial charge in [0.2, 0.25) is 0 Å². The molecule has 0 heterocycles. The second kappa shape index (κ2) is 7.19. The van der Waals surface area contributed by atoms with E-state index in [1.54, 1.807) is 6.92 Å². The summed E-state index contributed by atoms with van der Waals surface area (Å²) in [5, 5.41) is 0. The number of benzene rings is 1. The number of aryl methyl sites for hydroxylation is 1. The molecule has 0 aliphatic carbocycles. The number of hydrogen-bond donors (Lipinski definition) is 1. The third-order valence-electron chi connectivity index (χ3n) is 3.44. The smallest absolute Gasteiger partial charge is 0.159 e. The fourth-order valence-corrected chi connectivity index (χ4v) is 2.08. The van der Waals surface area contributed by atoms with Crippen molar-refractivity contribution in [3.63, 3.8) is 0 Å². The summed E-state index contributed by atoms with van der Waals surface area (Å²) in [7, 11) is 0. The Balaban J connectivity index is 2.40. The SMILES string of the molecule is CC(=O)c1ccc(CCCC(C)(C)OCC(C)(C)N)cc1. The maximum atomic E-state index is 11.2. The van der Waals surface area contributed by atoms with Crippen LogP contribution in [0.4, 0.5) is 0 Å². The van der Waals surface area contributed by atoms with E-state index in [1.807, 2.05) is 38.1 Å². The fraction of sp³-hybridized carbons (Fsp3) is 0.611. The summed E-state index contributed by atoms with van der Waals surface area (Å²) in [6, 6.07) is 7.87. The molecule has 1 rings (SSSR count). The van der Waals surface area contributed by atoms with Crippen molar-refractivity contribution in [1.82, 2.24) is 0 Å². The van der Waals surface area contributed by atoms with E-state index in [0.29, 0.717) is 6.61 Å². The zero-order valence-electron chi connectivity index (χ0n) is 14.0. The number of carbonyl (C=O) groups excluding carboxylic acids is 1. The van der Waals surface area contributed by atoms with Crippen LogP contribution in [-0.4, -0.2) is 23.5 Å². The first kappa shape index (κ1) is 17.9. The van der Waals surface area contributed by atoms with Crippen molar-refractivity contribution in [1.29, 1.82) is 0 Å². The molecule has 0 atom stereocenters. The van der Waals surface area contributed by atoms with Crippen molar-refractivity contribution < 1.29 is 9.53 Å². The van der Waals surface area contributed by atoms with Crippen LogP contribution in [-0.2, 0) is 11.2 Å². The molecule has 1 aromatic carbocycles. The predicted octanol–water partition coefficient (Wildman–Crippen LogP) is 3.74. The minimum atomic E-state index is -0.292. The van der Waals surface area contributed by atoms with Crippen LogP contribution in [0.1, 0.15) is 63.4 Å². The molecule has 2 N–H and O–H groups in total. The molecular formula is C18H29NO2. The minimum absolute atomic E-state index is 0.112. The lowest BCUT2D eigenvalue weighted by molar-refractivity contribution is -0.0424. The zero-order chi connectivity index (χ0) is 16.1. The number of rotatable bonds is 8. The molecule has 0 bridgehead atoms. The number of carbonyl (C=O) groups is 1. The number of ketones is 1. The number of hydrogen-bond acceptors (Lipinski definition) is 3. The van der Waals surface area contributed by atoms with Crippen LogP contribution in [0, 0.1) is 0 Å². The normalized spacial score (nSPS) is 12.5. The Hall–Kier alpha value is -1.19. The second-order valence-electron chi connectivity index (χ2n) is 7.14. The van der Waals surface area contributed by atoms with E-state index >= 15 is 0 Å². The maximum Gasteiger partial charge on any atom is 0.159 e. The summed E-state index contributed by atoms with van der Waals surface area (Å²) in [6.07, 6.45) is 3.03. The van der Waals surface area contributed by atoms with Gasteiger partial charge in [0.05, 0.1) is 12.2 Å². The van der Waals surface area contributed by atoms with Gasteiger partial charge in [-0.2, -0.15) is 0 Å². The Kier molecular flexibility index (Phi) is 6.11. The summed E-state index contributed by atoms with van der Waals surface area (Å²) in [5.41, 5.74) is 7.53. The Morgan fingerprint density at radius 1 is 1.14 bits per heavy atom. The molecule has 0 aliphatic rings. The van der Waals surface area contributed by atoms with Crippen LogP contribution in [0.3, 0.4) is 0 Å². The van der Waals surface area contributed by atoms with E-state index in [9.17, 15) is 4.79 Å². The van der Waals surface area contributed by atoms with E-state index in [1.165, 1.54) is 5.56 Å². The van der Waals surface area contributed by atoms with Crippen LogP contribution in [0.2, 0.25) is 0 Å². The van der Waals surface area contributed by atoms with Gasteiger partial charge >= 0.3 is 0 Å². The molecule has 0 radical (unpaired) electrons. The molecule has 0 unspecified atom stereocenters. The summed E-state index contributed by atoms with van der Waals surface area (Å²) in [6.45, 7) is 10.3. The molecular weight excluding hydrogens is 262 g/mol. The molecule has 0 fully saturated rings. The summed E-state index contributed by atoms with van der Waals surface area (Å²) >= 11 is 0. The average Bonchev–Trinajstić information content (AvgIpc) is 2.36. The van der Waals surface area contributed by atoms with Gasteiger partial charge in [0.1, 0.15) is 0 Å². The van der Waals surface area contributed by atoms with Gasteiger partial charge in [-0.25, -0.2) is 0 Å². The zero-order valence-corrected chi connectivity index (χ0v) is 14.0. The lowest BCUT2D eigenvalue weighted by atomic mass is 9.97. The van der Waals surface area contributed by atoms with Crippen molar-refractivity contribution >= 4 is 5.78 Å². The van der Waals surface area contributed by atoms with Crippen molar-refractivity contribution in [3.05, 3.63) is 35.4 Å². The van der Waals surface area contributed by atoms with Gasteiger partial charge in [-0.1, -0.05) is 24.3 Å². The van der Waals surface area contributed by atoms with E-state index in [2.05, 4.69) is 13.8 Å². The van der Waals surface area contributed by atoms with Gasteiger partial charge in [0.15, 0.2) is 5.78 Å². The highest BCUT2D eigenvalue weighted by atomic mass is 16.5. The van der Waals surface area contributed by atoms with Gasteiger partial charge in [0, 0.05) is 11.1 Å². The van der Waals surface area contributed by atoms with E-state index < -0.39 is 0 Å². The summed E-state index contributed by atoms with van der Waals surface area (Å²) in [5.74, 6) is 0.112. The molecule has 0 aliphatic heterocycles. The largest absolute Gasteiger partial charge is 0.374 e. The van der Waals surface area contributed by atoms with Crippen LogP contribution in [0.15, 0.2) is 24.3 Å². The lowest BCUT2D eigenvalue weighted by Gasteiger charge is -2.30. The van der Waals surface area contributed by atoms with Crippen LogP contribution < -0.4 is 5.73 Å². The Bertz CT molecular complexity index is 455. The summed E-state index contributed by atoms with van der Waals surface area (Å²) in [4.78, 5) is 11.2. The standard InChI is InChI=1S/C18H29NO2/c1-14(20)16-10-8-15(9-11-16)7-6-12-18(4,5)21-13-17(2,3)19/h8-11H,6-7,12-13,19H2,1-5H3. The second-order valence-corrected chi connectivity index (χ2v) is 7.14. The molecule has 0 aromatic heterocycles. The monoisotopic (exact) mass is 291 g/mol. The first-order valence-electron chi connectivity index (χ1n) is 7.62. The molecule has 3 heteroatoms. The van der Waals surface area contributed by atoms with Crippen LogP contribution in [0.5, 0.6) is 0 Å². The number of nitrogens with two attached hydrogens (primary N) is 1. The molecule has 21 heavy (non-hydrogen) atoms. The first-order chi connectivity index (χ1) is 9.59. The average molecular weight is 291 g/mol. The van der Waals surface area contributed by atoms with Gasteiger partial charge in [-0.05, 0) is 59.4 Å². The summed E-state index contributed by atoms with van der Waals surface area (Å²) < 4.78 is 5.91. The minimum Gasteiger partial charge on any atom is -0.374 e. The molecule has 1 aromatic rings. The number of Topliss-reactive ketones (excluding diaryl/α,β-unsaturated/α-hetero) is 1. The van der Waals surface area contributed by atoms with E-state index in [-0.39, 0.29) is 16.9 Å². The van der Waals surface area contributed by atoms with Crippen molar-refractivity contribution in [2.75, 3.05) is 6.61 Å². The third kappa shape index (κ3) is 7.39.